The average Bonchev–Trinajstić information content (AvgIpc) is 2.32. The molecule has 0 radical (unpaired) electrons. The van der Waals surface area contributed by atoms with E-state index in [4.69, 9.17) is 4.74 Å². The van der Waals surface area contributed by atoms with Gasteiger partial charge in [-0.25, -0.2) is 0 Å². The molecule has 1 N–H and O–H groups in total. The lowest BCUT2D eigenvalue weighted by Gasteiger charge is -2.25. The summed E-state index contributed by atoms with van der Waals surface area (Å²) in [4.78, 5) is 0. The highest BCUT2D eigenvalue weighted by atomic mass is 16.5. The van der Waals surface area contributed by atoms with Crippen LogP contribution in [0.3, 0.4) is 0 Å². The normalized spacial score (nSPS) is 32.7. The van der Waals surface area contributed by atoms with Crippen LogP contribution >= 0.6 is 0 Å². The number of hydrogen-bond donors (Lipinski definition) is 1. The van der Waals surface area contributed by atoms with Crippen molar-refractivity contribution in [1.82, 2.24) is 5.32 Å². The van der Waals surface area contributed by atoms with E-state index in [2.05, 4.69) is 26.1 Å². The van der Waals surface area contributed by atoms with Crippen LogP contribution in [0.2, 0.25) is 0 Å². The lowest BCUT2D eigenvalue weighted by Crippen LogP contribution is -2.28. The molecule has 0 unspecified atom stereocenters. The zero-order chi connectivity index (χ0) is 8.48. The van der Waals surface area contributed by atoms with Crippen molar-refractivity contribution >= 4 is 0 Å². The second kappa shape index (κ2) is 3.11. The van der Waals surface area contributed by atoms with Crippen molar-refractivity contribution in [1.29, 1.82) is 0 Å². The fourth-order valence-electron chi connectivity index (χ4n) is 1.43. The summed E-state index contributed by atoms with van der Waals surface area (Å²) in [5.74, 6) is 0. The Labute approximate surface area is 69.3 Å². The Morgan fingerprint density at radius 3 is 2.27 bits per heavy atom. The third kappa shape index (κ3) is 2.17. The summed E-state index contributed by atoms with van der Waals surface area (Å²) in [5, 5.41) is 3.24. The van der Waals surface area contributed by atoms with Gasteiger partial charge < -0.3 is 10.1 Å². The number of likely N-dealkylation sites (N-methyl/N-ethyl adjacent to an activating group) is 1. The van der Waals surface area contributed by atoms with Crippen LogP contribution < -0.4 is 5.32 Å². The Morgan fingerprint density at radius 1 is 1.36 bits per heavy atom. The minimum absolute atomic E-state index is 0.297. The van der Waals surface area contributed by atoms with Crippen LogP contribution in [0.1, 0.15) is 27.2 Å². The van der Waals surface area contributed by atoms with Crippen LogP contribution in [0.4, 0.5) is 0 Å². The summed E-state index contributed by atoms with van der Waals surface area (Å²) in [6, 6.07) is 0.569. The van der Waals surface area contributed by atoms with Crippen molar-refractivity contribution < 1.29 is 4.74 Å². The molecule has 1 heterocycles. The smallest absolute Gasteiger partial charge is 0.0639 e. The number of rotatable bonds is 1. The molecule has 0 amide bonds. The molecule has 0 aromatic heterocycles. The molecule has 0 bridgehead atoms. The summed E-state index contributed by atoms with van der Waals surface area (Å²) in [6.45, 7) is 7.57. The molecule has 0 saturated carbocycles. The molecule has 1 aliphatic heterocycles. The maximum atomic E-state index is 5.66. The minimum atomic E-state index is 0.297. The topological polar surface area (TPSA) is 21.3 Å². The van der Waals surface area contributed by atoms with Crippen molar-refractivity contribution in [2.45, 2.75) is 39.3 Å². The first-order chi connectivity index (χ1) is 5.04. The first kappa shape index (κ1) is 9.01. The summed E-state index contributed by atoms with van der Waals surface area (Å²) in [5.41, 5.74) is 0.297. The maximum absolute atomic E-state index is 5.66. The van der Waals surface area contributed by atoms with Gasteiger partial charge in [0, 0.05) is 6.04 Å². The predicted octanol–water partition coefficient (Wildman–Crippen LogP) is 1.41. The van der Waals surface area contributed by atoms with Crippen molar-refractivity contribution in [3.63, 3.8) is 0 Å². The van der Waals surface area contributed by atoms with E-state index >= 15 is 0 Å². The zero-order valence-electron chi connectivity index (χ0n) is 7.98. The minimum Gasteiger partial charge on any atom is -0.376 e. The molecule has 2 heteroatoms. The second-order valence-electron chi connectivity index (χ2n) is 4.41. The van der Waals surface area contributed by atoms with Gasteiger partial charge in [0.05, 0.1) is 12.7 Å². The van der Waals surface area contributed by atoms with Gasteiger partial charge in [-0.2, -0.15) is 0 Å². The molecule has 11 heavy (non-hydrogen) atoms. The Kier molecular flexibility index (Phi) is 2.55. The molecule has 1 rings (SSSR count). The van der Waals surface area contributed by atoms with Gasteiger partial charge in [-0.05, 0) is 18.9 Å². The lowest BCUT2D eigenvalue weighted by atomic mass is 9.87. The van der Waals surface area contributed by atoms with Gasteiger partial charge in [0.15, 0.2) is 0 Å². The number of nitrogens with one attached hydrogen (secondary N) is 1. The Morgan fingerprint density at radius 2 is 2.00 bits per heavy atom. The fourth-order valence-corrected chi connectivity index (χ4v) is 1.43. The van der Waals surface area contributed by atoms with Gasteiger partial charge in [0.2, 0.25) is 0 Å². The molecule has 66 valence electrons. The van der Waals surface area contributed by atoms with Crippen LogP contribution in [0.15, 0.2) is 0 Å². The van der Waals surface area contributed by atoms with Gasteiger partial charge in [0.1, 0.15) is 0 Å². The van der Waals surface area contributed by atoms with E-state index in [0.29, 0.717) is 17.6 Å². The highest BCUT2D eigenvalue weighted by Crippen LogP contribution is 2.29. The Bertz CT molecular complexity index is 128. The molecule has 0 aliphatic carbocycles. The van der Waals surface area contributed by atoms with Gasteiger partial charge in [-0.1, -0.05) is 20.8 Å². The molecular weight excluding hydrogens is 138 g/mol. The van der Waals surface area contributed by atoms with Crippen molar-refractivity contribution in [2.24, 2.45) is 5.41 Å². The Balaban J connectivity index is 2.42. The van der Waals surface area contributed by atoms with E-state index in [0.717, 1.165) is 13.0 Å². The van der Waals surface area contributed by atoms with Crippen LogP contribution in [0.25, 0.3) is 0 Å². The quantitative estimate of drug-likeness (QED) is 0.621. The second-order valence-corrected chi connectivity index (χ2v) is 4.41. The van der Waals surface area contributed by atoms with E-state index in [1.807, 2.05) is 7.05 Å². The van der Waals surface area contributed by atoms with E-state index in [1.165, 1.54) is 0 Å². The predicted molar refractivity (Wildman–Crippen MR) is 46.7 cm³/mol. The van der Waals surface area contributed by atoms with Gasteiger partial charge >= 0.3 is 0 Å². The molecule has 0 aromatic carbocycles. The molecule has 1 fully saturated rings. The third-order valence-corrected chi connectivity index (χ3v) is 2.37. The summed E-state index contributed by atoms with van der Waals surface area (Å²) in [7, 11) is 2.00. The van der Waals surface area contributed by atoms with E-state index in [1.54, 1.807) is 0 Å². The lowest BCUT2D eigenvalue weighted by molar-refractivity contribution is 0.0284. The third-order valence-electron chi connectivity index (χ3n) is 2.37. The van der Waals surface area contributed by atoms with Crippen LogP contribution in [0.5, 0.6) is 0 Å². The molecule has 1 aliphatic rings. The molecule has 2 nitrogen and oxygen atoms in total. The summed E-state index contributed by atoms with van der Waals surface area (Å²) in [6.07, 6.45) is 1.58. The van der Waals surface area contributed by atoms with Gasteiger partial charge in [-0.15, -0.1) is 0 Å². The highest BCUT2D eigenvalue weighted by Gasteiger charge is 2.33. The van der Waals surface area contributed by atoms with E-state index in [9.17, 15) is 0 Å². The van der Waals surface area contributed by atoms with E-state index < -0.39 is 0 Å². The molecule has 0 spiro atoms. The average molecular weight is 157 g/mol. The molecule has 2 atom stereocenters. The molecular formula is C9H19NO. The highest BCUT2D eigenvalue weighted by molar-refractivity contribution is 4.85. The summed E-state index contributed by atoms with van der Waals surface area (Å²) >= 11 is 0. The monoisotopic (exact) mass is 157 g/mol. The first-order valence-electron chi connectivity index (χ1n) is 4.33. The largest absolute Gasteiger partial charge is 0.376 e. The molecule has 1 saturated heterocycles. The number of ether oxygens (including phenoxy) is 1. The zero-order valence-corrected chi connectivity index (χ0v) is 7.98. The maximum Gasteiger partial charge on any atom is 0.0639 e. The van der Waals surface area contributed by atoms with Crippen LogP contribution in [-0.2, 0) is 4.74 Å². The van der Waals surface area contributed by atoms with Crippen molar-refractivity contribution in [2.75, 3.05) is 13.7 Å². The fraction of sp³-hybridized carbons (Fsp3) is 1.00. The Hall–Kier alpha value is -0.0800. The van der Waals surface area contributed by atoms with E-state index in [-0.39, 0.29) is 0 Å². The van der Waals surface area contributed by atoms with Crippen molar-refractivity contribution in [3.8, 4) is 0 Å². The van der Waals surface area contributed by atoms with Crippen molar-refractivity contribution in [3.05, 3.63) is 0 Å². The van der Waals surface area contributed by atoms with Crippen LogP contribution in [-0.4, -0.2) is 25.8 Å². The van der Waals surface area contributed by atoms with Gasteiger partial charge in [-0.3, -0.25) is 0 Å². The van der Waals surface area contributed by atoms with Gasteiger partial charge in [0.25, 0.3) is 0 Å². The number of hydrogen-bond acceptors (Lipinski definition) is 2. The molecule has 0 aromatic rings. The standard InChI is InChI=1S/C9H19NO/c1-9(2,3)8-5-7(10-4)6-11-8/h7-8,10H,5-6H2,1-4H3/t7-,8+/m0/s1. The van der Waals surface area contributed by atoms with Crippen LogP contribution in [0, 0.1) is 5.41 Å². The summed E-state index contributed by atoms with van der Waals surface area (Å²) < 4.78 is 5.66. The first-order valence-corrected chi connectivity index (χ1v) is 4.33. The SMILES string of the molecule is CN[C@@H]1CO[C@@H](C(C)(C)C)C1.